The molecule has 0 heterocycles. The van der Waals surface area contributed by atoms with Crippen LogP contribution in [0.1, 0.15) is 336 Å². The van der Waals surface area contributed by atoms with Gasteiger partial charge in [0.05, 0.1) is 52.2 Å². The number of hydrogen-bond donors (Lipinski definition) is 2. The summed E-state index contributed by atoms with van der Waals surface area (Å²) in [6, 6.07) is 0. The fourth-order valence-electron chi connectivity index (χ4n) is 11.8. The fourth-order valence-corrected chi connectivity index (χ4v) is 11.8. The molecule has 0 saturated heterocycles. The van der Waals surface area contributed by atoms with Gasteiger partial charge in [0, 0.05) is 65.0 Å². The summed E-state index contributed by atoms with van der Waals surface area (Å²) >= 11 is 0. The van der Waals surface area contributed by atoms with Gasteiger partial charge in [-0.25, -0.2) is 0 Å². The van der Waals surface area contributed by atoms with Gasteiger partial charge in [-0.2, -0.15) is 0 Å². The average molecular weight is 1250 g/mol. The van der Waals surface area contributed by atoms with Gasteiger partial charge < -0.3 is 29.5 Å². The van der Waals surface area contributed by atoms with Gasteiger partial charge in [-0.05, 0) is 51.6 Å². The second-order valence-corrected chi connectivity index (χ2v) is 26.1. The molecule has 0 atom stereocenters. The molecule has 0 radical (unpaired) electrons. The molecule has 0 spiro atoms. The van der Waals surface area contributed by atoms with E-state index in [0.29, 0.717) is 78.0 Å². The van der Waals surface area contributed by atoms with Gasteiger partial charge in [0.15, 0.2) is 0 Å². The fraction of sp³-hybridized carbons (Fsp3) is 0.919. The summed E-state index contributed by atoms with van der Waals surface area (Å²) in [4.78, 5) is 86.6. The zero-order valence-corrected chi connectivity index (χ0v) is 58.2. The summed E-state index contributed by atoms with van der Waals surface area (Å²) in [7, 11) is 0. The average Bonchev–Trinajstić information content (AvgIpc) is 3.59. The van der Waals surface area contributed by atoms with Crippen LogP contribution < -0.4 is 0 Å². The minimum atomic E-state index is -0.355. The molecule has 14 heteroatoms. The van der Waals surface area contributed by atoms with Crippen molar-refractivity contribution in [1.82, 2.24) is 19.6 Å². The van der Waals surface area contributed by atoms with E-state index in [1.165, 1.54) is 180 Å². The van der Waals surface area contributed by atoms with Gasteiger partial charge in [-0.1, -0.05) is 259 Å². The monoisotopic (exact) mass is 1250 g/mol. The summed E-state index contributed by atoms with van der Waals surface area (Å²) in [6.45, 7) is 13.4. The van der Waals surface area contributed by atoms with Crippen LogP contribution in [0.4, 0.5) is 0 Å². The van der Waals surface area contributed by atoms with Crippen LogP contribution >= 0.6 is 0 Å². The highest BCUT2D eigenvalue weighted by atomic mass is 16.5. The number of ketones is 4. The summed E-state index contributed by atoms with van der Waals surface area (Å²) in [6.07, 6.45) is 52.1. The third-order valence-corrected chi connectivity index (χ3v) is 17.5. The first kappa shape index (κ1) is 85.4. The van der Waals surface area contributed by atoms with Crippen molar-refractivity contribution >= 4 is 35.1 Å². The highest BCUT2D eigenvalue weighted by molar-refractivity contribution is 5.84. The molecular formula is C74H142N4O10. The number of ether oxygens (including phenoxy) is 2. The lowest BCUT2D eigenvalue weighted by molar-refractivity contribution is -0.145. The summed E-state index contributed by atoms with van der Waals surface area (Å²) in [5.74, 6) is -0.183. The second kappa shape index (κ2) is 67.3. The number of esters is 2. The smallest absolute Gasteiger partial charge is 0.307 e. The molecule has 0 fully saturated rings. The van der Waals surface area contributed by atoms with E-state index in [2.05, 4.69) is 27.7 Å². The lowest BCUT2D eigenvalue weighted by atomic mass is 10.0. The van der Waals surface area contributed by atoms with Gasteiger partial charge in [-0.15, -0.1) is 0 Å². The maximum atomic E-state index is 13.2. The van der Waals surface area contributed by atoms with Crippen molar-refractivity contribution in [3.63, 3.8) is 0 Å². The standard InChI is InChI=1S/C74H142N4O10/c1-5-9-13-17-21-25-29-33-37-41-47-69(81)65-77(66-70(82)48-42-38-34-30-26-22-18-14-10-6-2)59-63-87-73(85)51-55-75(57-61-79)53-45-46-54-76(58-62-80)56-52-74(86)88-64-60-78(67-71(83)49-43-39-35-31-27-23-19-15-11-7-3)68-72(84)50-44-40-36-32-28-24-20-16-12-8-4/h79-80H,5-68H2,1-4H3. The molecule has 0 rings (SSSR count). The van der Waals surface area contributed by atoms with Gasteiger partial charge in [0.25, 0.3) is 0 Å². The van der Waals surface area contributed by atoms with Gasteiger partial charge in [-0.3, -0.25) is 38.6 Å². The number of carbonyl (C=O) groups is 6. The Hall–Kier alpha value is -2.62. The van der Waals surface area contributed by atoms with Gasteiger partial charge in [0.2, 0.25) is 0 Å². The molecule has 14 nitrogen and oxygen atoms in total. The van der Waals surface area contributed by atoms with Crippen molar-refractivity contribution in [3.05, 3.63) is 0 Å². The third kappa shape index (κ3) is 60.9. The molecular weight excluding hydrogens is 1100 g/mol. The summed E-state index contributed by atoms with van der Waals surface area (Å²) < 4.78 is 11.3. The van der Waals surface area contributed by atoms with E-state index in [9.17, 15) is 39.0 Å². The molecule has 0 aromatic carbocycles. The third-order valence-electron chi connectivity index (χ3n) is 17.5. The molecule has 2 N–H and O–H groups in total. The molecule has 0 aliphatic heterocycles. The first-order valence-corrected chi connectivity index (χ1v) is 37.5. The lowest BCUT2D eigenvalue weighted by Crippen LogP contribution is -2.37. The van der Waals surface area contributed by atoms with E-state index < -0.39 is 0 Å². The van der Waals surface area contributed by atoms with Crippen molar-refractivity contribution in [2.45, 2.75) is 336 Å². The molecule has 0 bridgehead atoms. The number of Topliss-reactive ketones (excluding diaryl/α,β-unsaturated/α-hetero) is 4. The predicted molar refractivity (Wildman–Crippen MR) is 366 cm³/mol. The van der Waals surface area contributed by atoms with E-state index >= 15 is 0 Å². The van der Waals surface area contributed by atoms with E-state index in [4.69, 9.17) is 9.47 Å². The number of hydrogen-bond acceptors (Lipinski definition) is 14. The van der Waals surface area contributed by atoms with E-state index in [1.807, 2.05) is 19.6 Å². The molecule has 518 valence electrons. The van der Waals surface area contributed by atoms with Crippen LogP contribution in [0.3, 0.4) is 0 Å². The Morgan fingerprint density at radius 3 is 0.670 bits per heavy atom. The second-order valence-electron chi connectivity index (χ2n) is 26.1. The minimum absolute atomic E-state index is 0.0494. The van der Waals surface area contributed by atoms with Gasteiger partial charge >= 0.3 is 11.9 Å². The lowest BCUT2D eigenvalue weighted by Gasteiger charge is -2.24. The van der Waals surface area contributed by atoms with Crippen molar-refractivity contribution in [2.24, 2.45) is 0 Å². The van der Waals surface area contributed by atoms with Crippen LogP contribution in [0.25, 0.3) is 0 Å². The quantitative estimate of drug-likeness (QED) is 0.0435. The van der Waals surface area contributed by atoms with E-state index in [0.717, 1.165) is 89.9 Å². The molecule has 88 heavy (non-hydrogen) atoms. The van der Waals surface area contributed by atoms with E-state index in [-0.39, 0.29) is 101 Å². The van der Waals surface area contributed by atoms with Crippen LogP contribution in [-0.4, -0.2) is 170 Å². The molecule has 0 aliphatic rings. The number of carbonyl (C=O) groups excluding carboxylic acids is 6. The van der Waals surface area contributed by atoms with Crippen LogP contribution in [0, 0.1) is 0 Å². The van der Waals surface area contributed by atoms with Crippen LogP contribution in [0.5, 0.6) is 0 Å². The number of nitrogens with zero attached hydrogens (tertiary/aromatic N) is 4. The highest BCUT2D eigenvalue weighted by Gasteiger charge is 2.19. The topological polar surface area (TPSA) is 174 Å². The van der Waals surface area contributed by atoms with Crippen molar-refractivity contribution < 1.29 is 48.5 Å². The molecule has 0 saturated carbocycles. The Balaban J connectivity index is 5.06. The van der Waals surface area contributed by atoms with Crippen molar-refractivity contribution in [3.8, 4) is 0 Å². The number of unbranched alkanes of at least 4 members (excludes halogenated alkanes) is 37. The Kier molecular flexibility index (Phi) is 65.3. The zero-order valence-electron chi connectivity index (χ0n) is 58.2. The Morgan fingerprint density at radius 2 is 0.455 bits per heavy atom. The number of aliphatic hydroxyl groups is 2. The number of aliphatic hydroxyl groups excluding tert-OH is 2. The molecule has 0 unspecified atom stereocenters. The maximum Gasteiger partial charge on any atom is 0.307 e. The van der Waals surface area contributed by atoms with Crippen molar-refractivity contribution in [2.75, 3.05) is 105 Å². The molecule has 0 aliphatic carbocycles. The summed E-state index contributed by atoms with van der Waals surface area (Å²) in [5, 5.41) is 19.7. The molecule has 0 aromatic heterocycles. The van der Waals surface area contributed by atoms with E-state index in [1.54, 1.807) is 0 Å². The van der Waals surface area contributed by atoms with Crippen molar-refractivity contribution in [1.29, 1.82) is 0 Å². The Bertz CT molecular complexity index is 1410. The molecule has 0 amide bonds. The Morgan fingerprint density at radius 1 is 0.239 bits per heavy atom. The first-order chi connectivity index (χ1) is 43.0. The predicted octanol–water partition coefficient (Wildman–Crippen LogP) is 16.3. The normalized spacial score (nSPS) is 11.7. The van der Waals surface area contributed by atoms with Crippen LogP contribution in [0.2, 0.25) is 0 Å². The largest absolute Gasteiger partial charge is 0.464 e. The number of rotatable bonds is 73. The zero-order chi connectivity index (χ0) is 64.4. The maximum absolute atomic E-state index is 13.2. The van der Waals surface area contributed by atoms with Crippen LogP contribution in [-0.2, 0) is 38.2 Å². The van der Waals surface area contributed by atoms with Gasteiger partial charge in [0.1, 0.15) is 36.3 Å². The SMILES string of the molecule is CCCCCCCCCCCCC(=O)CN(CCOC(=O)CCN(CCO)CCCCN(CCO)CCC(=O)OCCN(CC(=O)CCCCCCCCCCCC)CC(=O)CCCCCCCCCCCC)CC(=O)CCCCCCCCCCCC. The molecule has 0 aromatic rings. The highest BCUT2D eigenvalue weighted by Crippen LogP contribution is 2.17. The summed E-state index contributed by atoms with van der Waals surface area (Å²) in [5.41, 5.74) is 0. The Labute approximate surface area is 541 Å². The van der Waals surface area contributed by atoms with Crippen LogP contribution in [0.15, 0.2) is 0 Å². The minimum Gasteiger partial charge on any atom is -0.464 e. The first-order valence-electron chi connectivity index (χ1n) is 37.5.